The summed E-state index contributed by atoms with van der Waals surface area (Å²) in [5.41, 5.74) is 5.00. The first kappa shape index (κ1) is 22.3. The van der Waals surface area contributed by atoms with Gasteiger partial charge in [-0.1, -0.05) is 80.4 Å². The average Bonchev–Trinajstić information content (AvgIpc) is 2.72. The predicted molar refractivity (Wildman–Crippen MR) is 122 cm³/mol. The zero-order valence-corrected chi connectivity index (χ0v) is 19.0. The lowest BCUT2D eigenvalue weighted by atomic mass is 9.98. The van der Waals surface area contributed by atoms with Crippen LogP contribution in [0.2, 0.25) is 18.1 Å². The van der Waals surface area contributed by atoms with E-state index in [2.05, 4.69) is 52.0 Å². The van der Waals surface area contributed by atoms with Gasteiger partial charge < -0.3 is 4.43 Å². The Hall–Kier alpha value is -1.97. The quantitative estimate of drug-likeness (QED) is 0.247. The fourth-order valence-corrected chi connectivity index (χ4v) is 6.09. The lowest BCUT2D eigenvalue weighted by Gasteiger charge is -2.28. The Balaban J connectivity index is 2.24. The van der Waals surface area contributed by atoms with Crippen LogP contribution in [0.1, 0.15) is 54.2 Å². The van der Waals surface area contributed by atoms with E-state index in [0.717, 1.165) is 40.4 Å². The number of aryl methyl sites for hydroxylation is 2. The van der Waals surface area contributed by atoms with E-state index in [9.17, 15) is 4.79 Å². The Morgan fingerprint density at radius 1 is 0.857 bits per heavy atom. The Morgan fingerprint density at radius 3 is 1.86 bits per heavy atom. The highest BCUT2D eigenvalue weighted by Crippen LogP contribution is 2.24. The molecule has 0 aliphatic rings. The van der Waals surface area contributed by atoms with Crippen molar-refractivity contribution in [3.05, 3.63) is 76.4 Å². The lowest BCUT2D eigenvalue weighted by molar-refractivity contribution is 0.102. The van der Waals surface area contributed by atoms with Crippen molar-refractivity contribution in [1.82, 2.24) is 0 Å². The second kappa shape index (κ2) is 10.5. The number of benzene rings is 2. The van der Waals surface area contributed by atoms with Gasteiger partial charge in [-0.15, -0.1) is 0 Å². The summed E-state index contributed by atoms with van der Waals surface area (Å²) in [6.07, 6.45) is 2.67. The molecule has 0 saturated carbocycles. The minimum atomic E-state index is -1.64. The molecule has 0 N–H and O–H groups in total. The summed E-state index contributed by atoms with van der Waals surface area (Å²) >= 11 is 0. The van der Waals surface area contributed by atoms with E-state index in [1.807, 2.05) is 37.3 Å². The fraction of sp³-hybridized carbons (Fsp3) is 0.400. The van der Waals surface area contributed by atoms with E-state index >= 15 is 0 Å². The van der Waals surface area contributed by atoms with Crippen LogP contribution in [0.5, 0.6) is 0 Å². The number of hydrogen-bond donors (Lipinski definition) is 0. The minimum Gasteiger partial charge on any atom is -0.416 e. The average molecular weight is 395 g/mol. The van der Waals surface area contributed by atoms with Gasteiger partial charge in [0, 0.05) is 17.7 Å². The highest BCUT2D eigenvalue weighted by Gasteiger charge is 2.28. The molecular formula is C25H34O2Si. The molecule has 0 spiro atoms. The molecule has 0 aliphatic carbocycles. The second-order valence-corrected chi connectivity index (χ2v) is 12.4. The van der Waals surface area contributed by atoms with E-state index in [4.69, 9.17) is 4.43 Å². The molecule has 2 aromatic carbocycles. The van der Waals surface area contributed by atoms with Crippen molar-refractivity contribution < 1.29 is 9.22 Å². The molecule has 0 atom stereocenters. The smallest absolute Gasteiger partial charge is 0.191 e. The first-order valence-corrected chi connectivity index (χ1v) is 13.0. The highest BCUT2D eigenvalue weighted by atomic mass is 28.4. The number of carbonyl (C=O) groups is 1. The first-order chi connectivity index (χ1) is 13.4. The van der Waals surface area contributed by atoms with E-state index in [-0.39, 0.29) is 5.78 Å². The summed E-state index contributed by atoms with van der Waals surface area (Å²) in [5, 5.41) is 0. The minimum absolute atomic E-state index is 0.0981. The molecule has 3 heteroatoms. The molecule has 0 bridgehead atoms. The highest BCUT2D eigenvalue weighted by molar-refractivity contribution is 6.73. The normalized spacial score (nSPS) is 12.2. The Morgan fingerprint density at radius 2 is 1.36 bits per heavy atom. The largest absolute Gasteiger partial charge is 0.416 e. The van der Waals surface area contributed by atoms with Gasteiger partial charge >= 0.3 is 0 Å². The first-order valence-electron chi connectivity index (χ1n) is 10.5. The number of ketones is 1. The number of Topliss-reactive ketones (excluding diaryl/α,β-unsaturated/α-hetero) is 1. The Kier molecular flexibility index (Phi) is 8.40. The van der Waals surface area contributed by atoms with Crippen LogP contribution in [0.25, 0.3) is 6.08 Å². The molecule has 0 aromatic heterocycles. The summed E-state index contributed by atoms with van der Waals surface area (Å²) in [6, 6.07) is 19.5. The molecule has 0 saturated heterocycles. The topological polar surface area (TPSA) is 26.3 Å². The van der Waals surface area contributed by atoms with E-state index in [1.54, 1.807) is 0 Å². The Bertz CT molecular complexity index is 776. The van der Waals surface area contributed by atoms with Gasteiger partial charge in [-0.05, 0) is 50.0 Å². The van der Waals surface area contributed by atoms with Crippen LogP contribution in [0.15, 0.2) is 54.1 Å². The molecule has 2 nitrogen and oxygen atoms in total. The summed E-state index contributed by atoms with van der Waals surface area (Å²) in [5.74, 6) is 0.0981. The predicted octanol–water partition coefficient (Wildman–Crippen LogP) is 6.98. The van der Waals surface area contributed by atoms with Gasteiger partial charge in [0.2, 0.25) is 0 Å². The van der Waals surface area contributed by atoms with Gasteiger partial charge in [0.25, 0.3) is 0 Å². The van der Waals surface area contributed by atoms with Gasteiger partial charge in [0.15, 0.2) is 14.1 Å². The van der Waals surface area contributed by atoms with Crippen molar-refractivity contribution in [3.63, 3.8) is 0 Å². The third-order valence-corrected chi connectivity index (χ3v) is 10.4. The zero-order valence-electron chi connectivity index (χ0n) is 18.0. The molecule has 150 valence electrons. The molecule has 0 radical (unpaired) electrons. The van der Waals surface area contributed by atoms with Crippen LogP contribution in [0, 0.1) is 13.8 Å². The standard InChI is InChI=1S/C25H34O2Si/c1-6-28(7-2,8-3)27-18-17-24(19-22-13-9-20(4)10-14-22)25(26)23-15-11-21(5)12-16-23/h9-16,19H,6-8,17-18H2,1-5H3/b24-19+. The van der Waals surface area contributed by atoms with Crippen molar-refractivity contribution >= 4 is 20.2 Å². The monoisotopic (exact) mass is 394 g/mol. The maximum absolute atomic E-state index is 13.2. The molecule has 0 amide bonds. The maximum Gasteiger partial charge on any atom is 0.191 e. The van der Waals surface area contributed by atoms with Crippen LogP contribution in [-0.2, 0) is 4.43 Å². The lowest BCUT2D eigenvalue weighted by Crippen LogP contribution is -2.36. The van der Waals surface area contributed by atoms with Crippen LogP contribution in [0.4, 0.5) is 0 Å². The summed E-state index contributed by atoms with van der Waals surface area (Å²) in [4.78, 5) is 13.2. The van der Waals surface area contributed by atoms with Gasteiger partial charge in [0.05, 0.1) is 0 Å². The summed E-state index contributed by atoms with van der Waals surface area (Å²) in [7, 11) is -1.64. The third-order valence-electron chi connectivity index (χ3n) is 5.74. The maximum atomic E-state index is 13.2. The van der Waals surface area contributed by atoms with Gasteiger partial charge in [-0.2, -0.15) is 0 Å². The molecule has 0 unspecified atom stereocenters. The molecular weight excluding hydrogens is 360 g/mol. The van der Waals surface area contributed by atoms with Gasteiger partial charge in [-0.3, -0.25) is 4.79 Å². The molecule has 2 rings (SSSR count). The molecule has 2 aromatic rings. The SMILES string of the molecule is CC[Si](CC)(CC)OCC/C(=C\c1ccc(C)cc1)C(=O)c1ccc(C)cc1. The van der Waals surface area contributed by atoms with Crippen LogP contribution >= 0.6 is 0 Å². The van der Waals surface area contributed by atoms with Crippen LogP contribution in [0.3, 0.4) is 0 Å². The number of carbonyl (C=O) groups excluding carboxylic acids is 1. The van der Waals surface area contributed by atoms with Crippen molar-refractivity contribution in [2.45, 2.75) is 59.2 Å². The molecule has 0 heterocycles. The van der Waals surface area contributed by atoms with E-state index < -0.39 is 8.32 Å². The number of rotatable bonds is 10. The molecule has 0 aliphatic heterocycles. The van der Waals surface area contributed by atoms with Gasteiger partial charge in [0.1, 0.15) is 0 Å². The van der Waals surface area contributed by atoms with Crippen molar-refractivity contribution in [2.75, 3.05) is 6.61 Å². The third kappa shape index (κ3) is 6.01. The second-order valence-electron chi connectivity index (χ2n) is 7.62. The molecule has 28 heavy (non-hydrogen) atoms. The summed E-state index contributed by atoms with van der Waals surface area (Å²) in [6.45, 7) is 11.4. The van der Waals surface area contributed by atoms with Crippen molar-refractivity contribution in [2.24, 2.45) is 0 Å². The van der Waals surface area contributed by atoms with Crippen LogP contribution in [-0.4, -0.2) is 20.7 Å². The molecule has 0 fully saturated rings. The van der Waals surface area contributed by atoms with E-state index in [1.165, 1.54) is 5.56 Å². The van der Waals surface area contributed by atoms with Crippen LogP contribution < -0.4 is 0 Å². The van der Waals surface area contributed by atoms with Gasteiger partial charge in [-0.25, -0.2) is 0 Å². The Labute approximate surface area is 171 Å². The number of hydrogen-bond acceptors (Lipinski definition) is 2. The van der Waals surface area contributed by atoms with Crippen molar-refractivity contribution in [3.8, 4) is 0 Å². The zero-order chi connectivity index (χ0) is 20.6. The van der Waals surface area contributed by atoms with Crippen molar-refractivity contribution in [1.29, 1.82) is 0 Å². The summed E-state index contributed by atoms with van der Waals surface area (Å²) < 4.78 is 6.42. The fourth-order valence-electron chi connectivity index (χ4n) is 3.44. The van der Waals surface area contributed by atoms with E-state index in [0.29, 0.717) is 13.0 Å².